The highest BCUT2D eigenvalue weighted by Gasteiger charge is 2.28. The van der Waals surface area contributed by atoms with E-state index >= 15 is 0 Å². The number of benzene rings is 2. The van der Waals surface area contributed by atoms with Crippen LogP contribution in [0, 0.1) is 13.8 Å². The molecule has 3 heterocycles. The number of hydrogen-bond acceptors (Lipinski definition) is 4. The molecule has 0 spiro atoms. The Kier molecular flexibility index (Phi) is 5.57. The van der Waals surface area contributed by atoms with Gasteiger partial charge in [0.15, 0.2) is 0 Å². The van der Waals surface area contributed by atoms with E-state index in [4.69, 9.17) is 5.73 Å². The summed E-state index contributed by atoms with van der Waals surface area (Å²) in [4.78, 5) is 15.4. The first-order valence-corrected chi connectivity index (χ1v) is 12.0. The molecule has 1 fully saturated rings. The van der Waals surface area contributed by atoms with E-state index in [1.165, 1.54) is 28.7 Å². The van der Waals surface area contributed by atoms with Crippen molar-refractivity contribution in [1.29, 1.82) is 0 Å². The molecule has 0 radical (unpaired) electrons. The number of rotatable bonds is 6. The summed E-state index contributed by atoms with van der Waals surface area (Å²) in [5.74, 6) is -0.316. The number of nitrogens with two attached hydrogens (primary N) is 1. The molecular weight excluding hydrogens is 416 g/mol. The van der Waals surface area contributed by atoms with E-state index in [9.17, 15) is 4.79 Å². The minimum atomic E-state index is -0.316. The van der Waals surface area contributed by atoms with E-state index in [-0.39, 0.29) is 5.91 Å². The second-order valence-corrected chi connectivity index (χ2v) is 9.80. The van der Waals surface area contributed by atoms with Crippen molar-refractivity contribution in [3.8, 4) is 5.69 Å². The van der Waals surface area contributed by atoms with Crippen molar-refractivity contribution >= 4 is 27.3 Å². The highest BCUT2D eigenvalue weighted by Crippen LogP contribution is 2.34. The zero-order valence-electron chi connectivity index (χ0n) is 18.5. The van der Waals surface area contributed by atoms with Crippen LogP contribution in [0.5, 0.6) is 0 Å². The van der Waals surface area contributed by atoms with Gasteiger partial charge in [0.1, 0.15) is 0 Å². The number of hydrogen-bond donors (Lipinski definition) is 1. The van der Waals surface area contributed by atoms with Gasteiger partial charge in [-0.3, -0.25) is 9.69 Å². The van der Waals surface area contributed by atoms with Gasteiger partial charge in [-0.2, -0.15) is 5.10 Å². The summed E-state index contributed by atoms with van der Waals surface area (Å²) < 4.78 is 3.15. The van der Waals surface area contributed by atoms with Gasteiger partial charge in [-0.25, -0.2) is 4.68 Å². The zero-order valence-corrected chi connectivity index (χ0v) is 19.4. The summed E-state index contributed by atoms with van der Waals surface area (Å²) in [5, 5.41) is 5.80. The molecule has 2 aromatic carbocycles. The first kappa shape index (κ1) is 20.9. The lowest BCUT2D eigenvalue weighted by atomic mass is 10.00. The van der Waals surface area contributed by atoms with Crippen LogP contribution in [0.15, 0.2) is 54.6 Å². The molecule has 0 bridgehead atoms. The number of aryl methyl sites for hydroxylation is 2. The van der Waals surface area contributed by atoms with Gasteiger partial charge in [0.25, 0.3) is 5.91 Å². The SMILES string of the molecule is Cc1cc(C)n(-c2cccc(CN3CCCC3Cc3c(C(N)=O)sc4ccccc34)c2)n1. The molecular formula is C26H28N4OS. The molecule has 5 nitrogen and oxygen atoms in total. The van der Waals surface area contributed by atoms with Crippen LogP contribution in [0.3, 0.4) is 0 Å². The van der Waals surface area contributed by atoms with Crippen molar-refractivity contribution in [2.75, 3.05) is 6.54 Å². The summed E-state index contributed by atoms with van der Waals surface area (Å²) in [6, 6.07) is 19.4. The quantitative estimate of drug-likeness (QED) is 0.455. The van der Waals surface area contributed by atoms with Crippen molar-refractivity contribution in [2.24, 2.45) is 5.73 Å². The monoisotopic (exact) mass is 444 g/mol. The van der Waals surface area contributed by atoms with Gasteiger partial charge in [0.2, 0.25) is 0 Å². The first-order valence-electron chi connectivity index (χ1n) is 11.2. The molecule has 1 amide bonds. The number of aromatic nitrogens is 2. The van der Waals surface area contributed by atoms with Crippen LogP contribution in [-0.2, 0) is 13.0 Å². The van der Waals surface area contributed by atoms with Crippen LogP contribution in [0.25, 0.3) is 15.8 Å². The smallest absolute Gasteiger partial charge is 0.259 e. The summed E-state index contributed by atoms with van der Waals surface area (Å²) in [6.07, 6.45) is 3.18. The van der Waals surface area contributed by atoms with Crippen molar-refractivity contribution in [2.45, 2.75) is 45.7 Å². The second kappa shape index (κ2) is 8.52. The standard InChI is InChI=1S/C26H28N4OS/c1-17-13-18(2)30(28-17)21-8-5-7-19(14-21)16-29-12-6-9-20(29)15-23-22-10-3-4-11-24(22)32-25(23)26(27)31/h3-5,7-8,10-11,13-14,20H,6,9,12,15-16H2,1-2H3,(H2,27,31). The molecule has 32 heavy (non-hydrogen) atoms. The fourth-order valence-electron chi connectivity index (χ4n) is 4.98. The highest BCUT2D eigenvalue weighted by molar-refractivity contribution is 7.21. The van der Waals surface area contributed by atoms with Gasteiger partial charge < -0.3 is 5.73 Å². The number of primary amides is 1. The molecule has 0 aliphatic carbocycles. The lowest BCUT2D eigenvalue weighted by molar-refractivity contribution is 0.100. The largest absolute Gasteiger partial charge is 0.365 e. The van der Waals surface area contributed by atoms with E-state index < -0.39 is 0 Å². The summed E-state index contributed by atoms with van der Waals surface area (Å²) in [5.41, 5.74) is 11.4. The summed E-state index contributed by atoms with van der Waals surface area (Å²) in [7, 11) is 0. The fourth-order valence-corrected chi connectivity index (χ4v) is 6.07. The third-order valence-corrected chi connectivity index (χ3v) is 7.64. The number of carbonyl (C=O) groups excluding carboxylic acids is 1. The predicted molar refractivity (Wildman–Crippen MR) is 131 cm³/mol. The Hall–Kier alpha value is -2.96. The molecule has 164 valence electrons. The Morgan fingerprint density at radius 2 is 2.00 bits per heavy atom. The minimum absolute atomic E-state index is 0.316. The highest BCUT2D eigenvalue weighted by atomic mass is 32.1. The predicted octanol–water partition coefficient (Wildman–Crippen LogP) is 5.01. The van der Waals surface area contributed by atoms with Gasteiger partial charge in [0.05, 0.1) is 16.3 Å². The van der Waals surface area contributed by atoms with Crippen LogP contribution in [-0.4, -0.2) is 33.2 Å². The zero-order chi connectivity index (χ0) is 22.2. The molecule has 4 aromatic rings. The third kappa shape index (κ3) is 3.96. The van der Waals surface area contributed by atoms with Crippen molar-refractivity contribution < 1.29 is 4.79 Å². The van der Waals surface area contributed by atoms with Gasteiger partial charge in [-0.15, -0.1) is 11.3 Å². The molecule has 1 atom stereocenters. The molecule has 0 saturated carbocycles. The van der Waals surface area contributed by atoms with Gasteiger partial charge in [-0.05, 0) is 80.4 Å². The van der Waals surface area contributed by atoms with Crippen molar-refractivity contribution in [3.63, 3.8) is 0 Å². The molecule has 1 unspecified atom stereocenters. The van der Waals surface area contributed by atoms with Crippen LogP contribution < -0.4 is 5.73 Å². The molecule has 2 N–H and O–H groups in total. The van der Waals surface area contributed by atoms with Crippen LogP contribution in [0.2, 0.25) is 0 Å². The number of nitrogens with zero attached hydrogens (tertiary/aromatic N) is 3. The van der Waals surface area contributed by atoms with Crippen LogP contribution in [0.1, 0.15) is 45.0 Å². The molecule has 2 aromatic heterocycles. The first-order chi connectivity index (χ1) is 15.5. The Bertz CT molecular complexity index is 1290. The molecule has 1 saturated heterocycles. The van der Waals surface area contributed by atoms with Crippen LogP contribution in [0.4, 0.5) is 0 Å². The van der Waals surface area contributed by atoms with E-state index in [1.807, 2.05) is 23.7 Å². The normalized spacial score (nSPS) is 16.8. The van der Waals surface area contributed by atoms with Gasteiger partial charge >= 0.3 is 0 Å². The Morgan fingerprint density at radius 3 is 2.78 bits per heavy atom. The number of carbonyl (C=O) groups is 1. The minimum Gasteiger partial charge on any atom is -0.365 e. The number of amides is 1. The molecule has 5 rings (SSSR count). The Labute approximate surface area is 192 Å². The Morgan fingerprint density at radius 1 is 1.16 bits per heavy atom. The average Bonchev–Trinajstić information content (AvgIpc) is 3.46. The van der Waals surface area contributed by atoms with E-state index in [0.29, 0.717) is 10.9 Å². The van der Waals surface area contributed by atoms with Crippen molar-refractivity contribution in [1.82, 2.24) is 14.7 Å². The van der Waals surface area contributed by atoms with Crippen molar-refractivity contribution in [3.05, 3.63) is 82.0 Å². The molecule has 6 heteroatoms. The number of likely N-dealkylation sites (tertiary alicyclic amines) is 1. The maximum Gasteiger partial charge on any atom is 0.259 e. The second-order valence-electron chi connectivity index (χ2n) is 8.75. The van der Waals surface area contributed by atoms with Gasteiger partial charge in [0, 0.05) is 23.0 Å². The maximum absolute atomic E-state index is 12.1. The fraction of sp³-hybridized carbons (Fsp3) is 0.308. The summed E-state index contributed by atoms with van der Waals surface area (Å²) >= 11 is 1.52. The Balaban J connectivity index is 1.39. The van der Waals surface area contributed by atoms with E-state index in [2.05, 4.69) is 59.4 Å². The number of thiophene rings is 1. The van der Waals surface area contributed by atoms with Gasteiger partial charge in [-0.1, -0.05) is 30.3 Å². The average molecular weight is 445 g/mol. The van der Waals surface area contributed by atoms with E-state index in [0.717, 1.165) is 53.3 Å². The number of fused-ring (bicyclic) bond motifs is 1. The van der Waals surface area contributed by atoms with Crippen LogP contribution >= 0.6 is 11.3 Å². The summed E-state index contributed by atoms with van der Waals surface area (Å²) in [6.45, 7) is 6.08. The molecule has 1 aliphatic heterocycles. The lowest BCUT2D eigenvalue weighted by Crippen LogP contribution is -2.31. The lowest BCUT2D eigenvalue weighted by Gasteiger charge is -2.25. The molecule has 1 aliphatic rings. The maximum atomic E-state index is 12.1. The topological polar surface area (TPSA) is 64.2 Å². The third-order valence-electron chi connectivity index (χ3n) is 6.41. The van der Waals surface area contributed by atoms with E-state index in [1.54, 1.807) is 0 Å².